The first-order chi connectivity index (χ1) is 8.43. The van der Waals surface area contributed by atoms with Crippen LogP contribution in [0.25, 0.3) is 0 Å². The van der Waals surface area contributed by atoms with E-state index >= 15 is 0 Å². The third-order valence-corrected chi connectivity index (χ3v) is 3.20. The molecule has 98 valence electrons. The van der Waals surface area contributed by atoms with Gasteiger partial charge in [0.1, 0.15) is 0 Å². The topological polar surface area (TPSA) is 98.7 Å². The molecule has 0 bridgehead atoms. The van der Waals surface area contributed by atoms with E-state index in [1.54, 1.807) is 12.1 Å². The number of halogens is 2. The number of anilines is 1. The van der Waals surface area contributed by atoms with Gasteiger partial charge in [0.15, 0.2) is 6.04 Å². The molecule has 0 radical (unpaired) electrons. The summed E-state index contributed by atoms with van der Waals surface area (Å²) in [6.45, 7) is -0.691. The molecule has 18 heavy (non-hydrogen) atoms. The third-order valence-electron chi connectivity index (χ3n) is 1.96. The molecule has 0 fully saturated rings. The van der Waals surface area contributed by atoms with Crippen molar-refractivity contribution in [1.29, 1.82) is 0 Å². The first kappa shape index (κ1) is 14.7. The fourth-order valence-electron chi connectivity index (χ4n) is 1.08. The zero-order chi connectivity index (χ0) is 13.7. The van der Waals surface area contributed by atoms with E-state index in [2.05, 4.69) is 26.6 Å². The molecule has 0 heterocycles. The second-order valence-corrected chi connectivity index (χ2v) is 4.56. The molecule has 0 unspecified atom stereocenters. The maximum absolute atomic E-state index is 11.4. The number of amides is 2. The van der Waals surface area contributed by atoms with Gasteiger partial charge < -0.3 is 20.8 Å². The summed E-state index contributed by atoms with van der Waals surface area (Å²) < 4.78 is 0.675. The van der Waals surface area contributed by atoms with Gasteiger partial charge >= 0.3 is 12.0 Å². The molecule has 6 nitrogen and oxygen atoms in total. The molecule has 0 saturated heterocycles. The van der Waals surface area contributed by atoms with Crippen molar-refractivity contribution in [2.24, 2.45) is 0 Å². The summed E-state index contributed by atoms with van der Waals surface area (Å²) in [6.07, 6.45) is 0. The Morgan fingerprint density at radius 2 is 2.11 bits per heavy atom. The summed E-state index contributed by atoms with van der Waals surface area (Å²) in [6, 6.07) is 2.63. The van der Waals surface area contributed by atoms with Gasteiger partial charge in [-0.15, -0.1) is 0 Å². The summed E-state index contributed by atoms with van der Waals surface area (Å²) in [5, 5.41) is 22.3. The van der Waals surface area contributed by atoms with Crippen LogP contribution < -0.4 is 10.6 Å². The van der Waals surface area contributed by atoms with E-state index in [0.29, 0.717) is 15.2 Å². The average Bonchev–Trinajstić information content (AvgIpc) is 2.30. The van der Waals surface area contributed by atoms with E-state index in [-0.39, 0.29) is 0 Å². The van der Waals surface area contributed by atoms with Crippen LogP contribution in [0.4, 0.5) is 10.5 Å². The molecular formula is C10H10BrClN2O4. The second-order valence-electron chi connectivity index (χ2n) is 3.30. The van der Waals surface area contributed by atoms with Gasteiger partial charge in [0.25, 0.3) is 0 Å². The molecular weight excluding hydrogens is 327 g/mol. The van der Waals surface area contributed by atoms with Crippen LogP contribution in [0.2, 0.25) is 5.02 Å². The van der Waals surface area contributed by atoms with Crippen LogP contribution in [-0.4, -0.2) is 34.9 Å². The number of carboxylic acid groups (broad SMARTS) is 1. The number of benzene rings is 1. The van der Waals surface area contributed by atoms with Crippen LogP contribution in [0.1, 0.15) is 0 Å². The summed E-state index contributed by atoms with van der Waals surface area (Å²) in [5.41, 5.74) is 0.405. The van der Waals surface area contributed by atoms with Crippen molar-refractivity contribution in [3.05, 3.63) is 27.7 Å². The maximum atomic E-state index is 11.4. The lowest BCUT2D eigenvalue weighted by Gasteiger charge is -2.12. The number of nitrogens with one attached hydrogen (secondary N) is 2. The Morgan fingerprint density at radius 1 is 1.44 bits per heavy atom. The van der Waals surface area contributed by atoms with Gasteiger partial charge in [0, 0.05) is 10.2 Å². The van der Waals surface area contributed by atoms with E-state index in [0.717, 1.165) is 0 Å². The van der Waals surface area contributed by atoms with Gasteiger partial charge in [-0.25, -0.2) is 9.59 Å². The van der Waals surface area contributed by atoms with Crippen LogP contribution in [-0.2, 0) is 4.79 Å². The number of hydrogen-bond acceptors (Lipinski definition) is 3. The van der Waals surface area contributed by atoms with E-state index in [1.807, 2.05) is 0 Å². The Hall–Kier alpha value is -1.31. The van der Waals surface area contributed by atoms with Gasteiger partial charge in [0.05, 0.1) is 11.6 Å². The minimum absolute atomic E-state index is 0.405. The van der Waals surface area contributed by atoms with E-state index in [9.17, 15) is 9.59 Å². The maximum Gasteiger partial charge on any atom is 0.328 e. The summed E-state index contributed by atoms with van der Waals surface area (Å²) in [7, 11) is 0. The largest absolute Gasteiger partial charge is 0.480 e. The van der Waals surface area contributed by atoms with Crippen molar-refractivity contribution in [3.63, 3.8) is 0 Å². The molecule has 0 aliphatic rings. The molecule has 0 spiro atoms. The van der Waals surface area contributed by atoms with Crippen molar-refractivity contribution in [2.45, 2.75) is 6.04 Å². The fourth-order valence-corrected chi connectivity index (χ4v) is 1.51. The van der Waals surface area contributed by atoms with Crippen molar-refractivity contribution >= 4 is 45.2 Å². The lowest BCUT2D eigenvalue weighted by atomic mass is 10.3. The van der Waals surface area contributed by atoms with Crippen LogP contribution in [0.3, 0.4) is 0 Å². The highest BCUT2D eigenvalue weighted by Gasteiger charge is 2.18. The van der Waals surface area contributed by atoms with E-state index < -0.39 is 24.6 Å². The van der Waals surface area contributed by atoms with E-state index in [4.69, 9.17) is 21.8 Å². The van der Waals surface area contributed by atoms with Gasteiger partial charge in [-0.3, -0.25) is 0 Å². The monoisotopic (exact) mass is 336 g/mol. The minimum atomic E-state index is -1.35. The number of aliphatic hydroxyl groups is 1. The fraction of sp³-hybridized carbons (Fsp3) is 0.200. The minimum Gasteiger partial charge on any atom is -0.480 e. The molecule has 1 rings (SSSR count). The van der Waals surface area contributed by atoms with Crippen molar-refractivity contribution in [3.8, 4) is 0 Å². The number of urea groups is 1. The smallest absolute Gasteiger partial charge is 0.328 e. The zero-order valence-electron chi connectivity index (χ0n) is 8.98. The highest BCUT2D eigenvalue weighted by atomic mass is 79.9. The van der Waals surface area contributed by atoms with Gasteiger partial charge in [-0.05, 0) is 34.1 Å². The molecule has 2 amide bonds. The highest BCUT2D eigenvalue weighted by Crippen LogP contribution is 2.25. The third kappa shape index (κ3) is 4.17. The molecule has 0 aliphatic heterocycles. The average molecular weight is 338 g/mol. The molecule has 8 heteroatoms. The second kappa shape index (κ2) is 6.58. The predicted molar refractivity (Wildman–Crippen MR) is 69.8 cm³/mol. The molecule has 0 saturated carbocycles. The molecule has 4 N–H and O–H groups in total. The summed E-state index contributed by atoms with van der Waals surface area (Å²) >= 11 is 9.02. The number of carbonyl (C=O) groups excluding carboxylic acids is 1. The molecule has 1 aromatic rings. The van der Waals surface area contributed by atoms with Gasteiger partial charge in [-0.2, -0.15) is 0 Å². The number of rotatable bonds is 4. The van der Waals surface area contributed by atoms with Crippen LogP contribution in [0.5, 0.6) is 0 Å². The number of aliphatic hydroxyl groups excluding tert-OH is 1. The normalized spacial score (nSPS) is 11.7. The molecule has 1 aromatic carbocycles. The lowest BCUT2D eigenvalue weighted by molar-refractivity contribution is -0.140. The summed E-state index contributed by atoms with van der Waals surface area (Å²) in [5.74, 6) is -1.32. The number of hydrogen-bond donors (Lipinski definition) is 4. The van der Waals surface area contributed by atoms with Crippen LogP contribution >= 0.6 is 27.5 Å². The molecule has 0 aromatic heterocycles. The van der Waals surface area contributed by atoms with Gasteiger partial charge in [-0.1, -0.05) is 11.6 Å². The molecule has 0 aliphatic carbocycles. The standard InChI is InChI=1S/C10H10BrClN2O4/c11-6-2-1-5(3-7(6)12)13-10(18)14-8(4-15)9(16)17/h1-3,8,15H,4H2,(H,16,17)(H2,13,14,18)/t8-/m1/s1. The Balaban J connectivity index is 2.64. The van der Waals surface area contributed by atoms with Gasteiger partial charge in [0.2, 0.25) is 0 Å². The number of carbonyl (C=O) groups is 2. The SMILES string of the molecule is O=C(Nc1ccc(Br)c(Cl)c1)N[C@H](CO)C(=O)O. The quantitative estimate of drug-likeness (QED) is 0.671. The van der Waals surface area contributed by atoms with E-state index in [1.165, 1.54) is 6.07 Å². The predicted octanol–water partition coefficient (Wildman–Crippen LogP) is 1.67. The summed E-state index contributed by atoms with van der Waals surface area (Å²) in [4.78, 5) is 22.0. The van der Waals surface area contributed by atoms with Crippen molar-refractivity contribution < 1.29 is 19.8 Å². The Morgan fingerprint density at radius 3 is 2.61 bits per heavy atom. The van der Waals surface area contributed by atoms with Crippen LogP contribution in [0, 0.1) is 0 Å². The zero-order valence-corrected chi connectivity index (χ0v) is 11.3. The Labute approximate surface area is 116 Å². The van der Waals surface area contributed by atoms with Crippen molar-refractivity contribution in [1.82, 2.24) is 5.32 Å². The first-order valence-electron chi connectivity index (χ1n) is 4.80. The Kier molecular flexibility index (Phi) is 5.39. The highest BCUT2D eigenvalue weighted by molar-refractivity contribution is 9.10. The number of aliphatic carboxylic acids is 1. The van der Waals surface area contributed by atoms with Crippen molar-refractivity contribution in [2.75, 3.05) is 11.9 Å². The Bertz CT molecular complexity index is 469. The molecule has 1 atom stereocenters. The first-order valence-corrected chi connectivity index (χ1v) is 5.97. The number of carboxylic acids is 1. The lowest BCUT2D eigenvalue weighted by Crippen LogP contribution is -2.45. The van der Waals surface area contributed by atoms with Crippen LogP contribution in [0.15, 0.2) is 22.7 Å².